The lowest BCUT2D eigenvalue weighted by molar-refractivity contribution is 0.0693. The quantitative estimate of drug-likeness (QED) is 0.586. The van der Waals surface area contributed by atoms with Crippen LogP contribution in [0.15, 0.2) is 18.2 Å². The van der Waals surface area contributed by atoms with Gasteiger partial charge in [0.2, 0.25) is 0 Å². The largest absolute Gasteiger partial charge is 0.478 e. The van der Waals surface area contributed by atoms with E-state index in [9.17, 15) is 9.18 Å². The molecular formula is C11H10FNO2. The van der Waals surface area contributed by atoms with Crippen molar-refractivity contribution in [3.63, 3.8) is 0 Å². The molecule has 0 aromatic heterocycles. The van der Waals surface area contributed by atoms with Crippen molar-refractivity contribution < 1.29 is 14.3 Å². The number of aromatic carboxylic acids is 1. The van der Waals surface area contributed by atoms with Crippen LogP contribution in [0.2, 0.25) is 0 Å². The van der Waals surface area contributed by atoms with Gasteiger partial charge in [-0.1, -0.05) is 6.07 Å². The maximum Gasteiger partial charge on any atom is 0.340 e. The van der Waals surface area contributed by atoms with Crippen LogP contribution in [0, 0.1) is 18.2 Å². The third-order valence-corrected chi connectivity index (χ3v) is 1.81. The van der Waals surface area contributed by atoms with Gasteiger partial charge in [0.1, 0.15) is 11.4 Å². The van der Waals surface area contributed by atoms with E-state index in [0.717, 1.165) is 6.07 Å². The fraction of sp³-hybridized carbons (Fsp3) is 0.182. The van der Waals surface area contributed by atoms with Gasteiger partial charge in [0, 0.05) is 13.0 Å². The number of hydrogen-bond donors (Lipinski definition) is 2. The lowest BCUT2D eigenvalue weighted by atomic mass is 10.1. The van der Waals surface area contributed by atoms with Crippen molar-refractivity contribution in [1.82, 2.24) is 0 Å². The van der Waals surface area contributed by atoms with Crippen LogP contribution in [0.1, 0.15) is 16.8 Å². The average molecular weight is 207 g/mol. The summed E-state index contributed by atoms with van der Waals surface area (Å²) in [5, 5.41) is 11.6. The van der Waals surface area contributed by atoms with Crippen molar-refractivity contribution in [3.05, 3.63) is 29.6 Å². The van der Waals surface area contributed by atoms with E-state index in [0.29, 0.717) is 13.0 Å². The molecule has 0 amide bonds. The fourth-order valence-corrected chi connectivity index (χ4v) is 1.16. The number of hydrogen-bond acceptors (Lipinski definition) is 2. The second-order valence-corrected chi connectivity index (χ2v) is 2.85. The molecule has 3 nitrogen and oxygen atoms in total. The standard InChI is InChI=1S/C11H10FNO2/c1-2-3-7-13-9-6-4-5-8(12)10(9)11(14)15/h1,4-6,13H,3,7H2,(H,14,15). The third-order valence-electron chi connectivity index (χ3n) is 1.81. The lowest BCUT2D eigenvalue weighted by Gasteiger charge is -2.08. The first-order valence-corrected chi connectivity index (χ1v) is 4.36. The molecule has 1 aromatic carbocycles. The number of carboxylic acid groups (broad SMARTS) is 1. The van der Waals surface area contributed by atoms with Crippen molar-refractivity contribution in [2.24, 2.45) is 0 Å². The Morgan fingerprint density at radius 3 is 2.93 bits per heavy atom. The summed E-state index contributed by atoms with van der Waals surface area (Å²) in [7, 11) is 0. The number of nitrogens with one attached hydrogen (secondary N) is 1. The number of anilines is 1. The van der Waals surface area contributed by atoms with E-state index < -0.39 is 11.8 Å². The first-order valence-electron chi connectivity index (χ1n) is 4.36. The Bertz CT molecular complexity index is 410. The smallest absolute Gasteiger partial charge is 0.340 e. The lowest BCUT2D eigenvalue weighted by Crippen LogP contribution is -2.09. The minimum atomic E-state index is -1.30. The minimum Gasteiger partial charge on any atom is -0.478 e. The van der Waals surface area contributed by atoms with Gasteiger partial charge in [-0.25, -0.2) is 9.18 Å². The molecule has 0 atom stereocenters. The summed E-state index contributed by atoms with van der Waals surface area (Å²) < 4.78 is 13.1. The van der Waals surface area contributed by atoms with Gasteiger partial charge in [-0.05, 0) is 12.1 Å². The van der Waals surface area contributed by atoms with E-state index in [1.54, 1.807) is 0 Å². The van der Waals surface area contributed by atoms with E-state index in [4.69, 9.17) is 11.5 Å². The van der Waals surface area contributed by atoms with Gasteiger partial charge in [0.25, 0.3) is 0 Å². The third kappa shape index (κ3) is 2.71. The summed E-state index contributed by atoms with van der Waals surface area (Å²) in [6, 6.07) is 4.05. The van der Waals surface area contributed by atoms with E-state index in [1.807, 2.05) is 0 Å². The predicted octanol–water partition coefficient (Wildman–Crippen LogP) is 1.96. The zero-order valence-electron chi connectivity index (χ0n) is 7.96. The zero-order chi connectivity index (χ0) is 11.3. The summed E-state index contributed by atoms with van der Waals surface area (Å²) >= 11 is 0. The Morgan fingerprint density at radius 2 is 2.33 bits per heavy atom. The van der Waals surface area contributed by atoms with E-state index >= 15 is 0 Å². The highest BCUT2D eigenvalue weighted by molar-refractivity contribution is 5.94. The molecule has 2 N–H and O–H groups in total. The summed E-state index contributed by atoms with van der Waals surface area (Å²) in [6.07, 6.45) is 5.49. The summed E-state index contributed by atoms with van der Waals surface area (Å²) in [6.45, 7) is 0.417. The highest BCUT2D eigenvalue weighted by Crippen LogP contribution is 2.18. The number of terminal acetylenes is 1. The van der Waals surface area contributed by atoms with Gasteiger partial charge in [-0.3, -0.25) is 0 Å². The first kappa shape index (κ1) is 11.1. The molecule has 0 aliphatic carbocycles. The summed E-state index contributed by atoms with van der Waals surface area (Å²) in [5.41, 5.74) is -0.104. The van der Waals surface area contributed by atoms with Crippen LogP contribution in [0.4, 0.5) is 10.1 Å². The second-order valence-electron chi connectivity index (χ2n) is 2.85. The summed E-state index contributed by atoms with van der Waals surface area (Å²) in [5.74, 6) is 0.346. The first-order chi connectivity index (χ1) is 7.16. The van der Waals surface area contributed by atoms with Crippen LogP contribution >= 0.6 is 0 Å². The van der Waals surface area contributed by atoms with Crippen LogP contribution in [-0.4, -0.2) is 17.6 Å². The number of rotatable bonds is 4. The second kappa shape index (κ2) is 5.01. The Balaban J connectivity index is 2.92. The Morgan fingerprint density at radius 1 is 1.60 bits per heavy atom. The Kier molecular flexibility index (Phi) is 3.69. The van der Waals surface area contributed by atoms with Crippen molar-refractivity contribution in [2.75, 3.05) is 11.9 Å². The molecule has 0 bridgehead atoms. The molecule has 0 aliphatic heterocycles. The topological polar surface area (TPSA) is 49.3 Å². The molecule has 0 radical (unpaired) electrons. The van der Waals surface area contributed by atoms with E-state index in [1.165, 1.54) is 12.1 Å². The highest BCUT2D eigenvalue weighted by atomic mass is 19.1. The Labute approximate surface area is 86.9 Å². The van der Waals surface area contributed by atoms with Crippen LogP contribution in [0.5, 0.6) is 0 Å². The molecule has 0 spiro atoms. The normalized spacial score (nSPS) is 9.33. The molecular weight excluding hydrogens is 197 g/mol. The molecule has 0 unspecified atom stereocenters. The van der Waals surface area contributed by atoms with Crippen molar-refractivity contribution >= 4 is 11.7 Å². The fourth-order valence-electron chi connectivity index (χ4n) is 1.16. The Hall–Kier alpha value is -2.02. The van der Waals surface area contributed by atoms with Crippen LogP contribution in [0.3, 0.4) is 0 Å². The molecule has 1 rings (SSSR count). The van der Waals surface area contributed by atoms with Gasteiger partial charge in [-0.15, -0.1) is 12.3 Å². The predicted molar refractivity (Wildman–Crippen MR) is 55.3 cm³/mol. The van der Waals surface area contributed by atoms with Crippen LogP contribution in [0.25, 0.3) is 0 Å². The van der Waals surface area contributed by atoms with Crippen LogP contribution in [-0.2, 0) is 0 Å². The van der Waals surface area contributed by atoms with Gasteiger partial charge in [0.05, 0.1) is 5.69 Å². The molecule has 0 aliphatic rings. The SMILES string of the molecule is C#CCCNc1cccc(F)c1C(=O)O. The number of halogens is 1. The number of carboxylic acids is 1. The molecule has 78 valence electrons. The average Bonchev–Trinajstić information content (AvgIpc) is 2.17. The van der Waals surface area contributed by atoms with Gasteiger partial charge >= 0.3 is 5.97 Å². The molecule has 0 saturated carbocycles. The molecule has 0 saturated heterocycles. The molecule has 0 fully saturated rings. The molecule has 15 heavy (non-hydrogen) atoms. The van der Waals surface area contributed by atoms with Gasteiger partial charge < -0.3 is 10.4 Å². The van der Waals surface area contributed by atoms with Crippen molar-refractivity contribution in [1.29, 1.82) is 0 Å². The van der Waals surface area contributed by atoms with E-state index in [-0.39, 0.29) is 11.3 Å². The van der Waals surface area contributed by atoms with Gasteiger partial charge in [-0.2, -0.15) is 0 Å². The minimum absolute atomic E-state index is 0.248. The van der Waals surface area contributed by atoms with Crippen LogP contribution < -0.4 is 5.32 Å². The maximum absolute atomic E-state index is 13.1. The monoisotopic (exact) mass is 207 g/mol. The van der Waals surface area contributed by atoms with Gasteiger partial charge in [0.15, 0.2) is 0 Å². The van der Waals surface area contributed by atoms with Crippen molar-refractivity contribution in [3.8, 4) is 12.3 Å². The molecule has 1 aromatic rings. The molecule has 0 heterocycles. The maximum atomic E-state index is 13.1. The summed E-state index contributed by atoms with van der Waals surface area (Å²) in [4.78, 5) is 10.8. The highest BCUT2D eigenvalue weighted by Gasteiger charge is 2.14. The van der Waals surface area contributed by atoms with E-state index in [2.05, 4.69) is 11.2 Å². The number of benzene rings is 1. The number of carbonyl (C=O) groups is 1. The zero-order valence-corrected chi connectivity index (χ0v) is 7.96. The molecule has 4 heteroatoms. The van der Waals surface area contributed by atoms with Crippen molar-refractivity contribution in [2.45, 2.75) is 6.42 Å².